The van der Waals surface area contributed by atoms with Gasteiger partial charge >= 0.3 is 0 Å². The van der Waals surface area contributed by atoms with E-state index in [9.17, 15) is 9.00 Å². The van der Waals surface area contributed by atoms with E-state index in [2.05, 4.69) is 5.32 Å². The Morgan fingerprint density at radius 3 is 2.76 bits per heavy atom. The highest BCUT2D eigenvalue weighted by molar-refractivity contribution is 7.84. The van der Waals surface area contributed by atoms with Crippen molar-refractivity contribution in [3.63, 3.8) is 0 Å². The molecule has 0 fully saturated rings. The Labute approximate surface area is 103 Å². The summed E-state index contributed by atoms with van der Waals surface area (Å²) in [5, 5.41) is 3.01. The van der Waals surface area contributed by atoms with Gasteiger partial charge in [0.15, 0.2) is 0 Å². The van der Waals surface area contributed by atoms with Gasteiger partial charge in [-0.1, -0.05) is 13.0 Å². The zero-order valence-electron chi connectivity index (χ0n) is 9.73. The quantitative estimate of drug-likeness (QED) is 0.646. The number of nitrogens with two attached hydrogens (primary N) is 2. The third-order valence-corrected chi connectivity index (χ3v) is 3.62. The van der Waals surface area contributed by atoms with Gasteiger partial charge in [0, 0.05) is 28.9 Å². The van der Waals surface area contributed by atoms with E-state index in [0.717, 1.165) is 0 Å². The number of rotatable bonds is 6. The molecule has 94 valence electrons. The average molecular weight is 255 g/mol. The second-order valence-electron chi connectivity index (χ2n) is 3.49. The molecule has 0 aliphatic heterocycles. The van der Waals surface area contributed by atoms with Crippen molar-refractivity contribution in [1.29, 1.82) is 0 Å². The van der Waals surface area contributed by atoms with E-state index in [0.29, 0.717) is 35.0 Å². The molecule has 0 aliphatic carbocycles. The second kappa shape index (κ2) is 6.24. The summed E-state index contributed by atoms with van der Waals surface area (Å²) < 4.78 is 11.3. The molecule has 1 atom stereocenters. The zero-order chi connectivity index (χ0) is 12.8. The number of anilines is 2. The Morgan fingerprint density at radius 1 is 1.47 bits per heavy atom. The van der Waals surface area contributed by atoms with Crippen molar-refractivity contribution in [2.45, 2.75) is 6.92 Å². The van der Waals surface area contributed by atoms with Crippen LogP contribution >= 0.6 is 0 Å². The standard InChI is InChI=1S/C11H17N3O2S/c1-2-17(16)7-6-14-10-8(11(13)15)4-3-5-9(10)12/h3-5,14H,2,6-7,12H2,1H3,(H2,13,15). The van der Waals surface area contributed by atoms with Crippen LogP contribution in [0.25, 0.3) is 0 Å². The van der Waals surface area contributed by atoms with Gasteiger partial charge in [-0.2, -0.15) is 0 Å². The Hall–Kier alpha value is -1.56. The Kier molecular flexibility index (Phi) is 4.96. The number of nitrogen functional groups attached to an aromatic ring is 1. The maximum atomic E-state index is 11.3. The van der Waals surface area contributed by atoms with Gasteiger partial charge in [-0.25, -0.2) is 0 Å². The number of amides is 1. The Morgan fingerprint density at radius 2 is 2.18 bits per heavy atom. The number of benzene rings is 1. The first kappa shape index (κ1) is 13.5. The highest BCUT2D eigenvalue weighted by atomic mass is 32.2. The first-order valence-electron chi connectivity index (χ1n) is 5.33. The number of hydrogen-bond acceptors (Lipinski definition) is 4. The summed E-state index contributed by atoms with van der Waals surface area (Å²) in [7, 11) is -0.844. The third-order valence-electron chi connectivity index (χ3n) is 2.32. The van der Waals surface area contributed by atoms with Gasteiger partial charge in [0.25, 0.3) is 5.91 Å². The number of hydrogen-bond donors (Lipinski definition) is 3. The molecular formula is C11H17N3O2S. The van der Waals surface area contributed by atoms with Gasteiger partial charge in [0.05, 0.1) is 16.9 Å². The van der Waals surface area contributed by atoms with Crippen molar-refractivity contribution in [3.8, 4) is 0 Å². The molecule has 5 N–H and O–H groups in total. The average Bonchev–Trinajstić information content (AvgIpc) is 2.30. The minimum absolute atomic E-state index is 0.354. The van der Waals surface area contributed by atoms with E-state index >= 15 is 0 Å². The molecule has 1 rings (SSSR count). The van der Waals surface area contributed by atoms with Crippen LogP contribution in [0.2, 0.25) is 0 Å². The third kappa shape index (κ3) is 3.74. The smallest absolute Gasteiger partial charge is 0.250 e. The van der Waals surface area contributed by atoms with Crippen LogP contribution in [0.15, 0.2) is 18.2 Å². The predicted molar refractivity (Wildman–Crippen MR) is 71.4 cm³/mol. The van der Waals surface area contributed by atoms with Crippen LogP contribution < -0.4 is 16.8 Å². The van der Waals surface area contributed by atoms with Crippen LogP contribution in [0.3, 0.4) is 0 Å². The van der Waals surface area contributed by atoms with E-state index in [4.69, 9.17) is 11.5 Å². The number of carbonyl (C=O) groups excluding carboxylic acids is 1. The van der Waals surface area contributed by atoms with Gasteiger partial charge in [-0.15, -0.1) is 0 Å². The fourth-order valence-electron chi connectivity index (χ4n) is 1.41. The lowest BCUT2D eigenvalue weighted by atomic mass is 10.1. The molecule has 1 amide bonds. The molecule has 1 aromatic rings. The maximum absolute atomic E-state index is 11.3. The summed E-state index contributed by atoms with van der Waals surface area (Å²) >= 11 is 0. The summed E-state index contributed by atoms with van der Waals surface area (Å²) in [6, 6.07) is 4.97. The van der Waals surface area contributed by atoms with E-state index in [1.165, 1.54) is 0 Å². The van der Waals surface area contributed by atoms with Crippen LogP contribution in [0.1, 0.15) is 17.3 Å². The molecule has 0 heterocycles. The normalized spacial score (nSPS) is 12.1. The fourth-order valence-corrected chi connectivity index (χ4v) is 2.03. The lowest BCUT2D eigenvalue weighted by Gasteiger charge is -2.12. The van der Waals surface area contributed by atoms with Gasteiger partial charge in [-0.05, 0) is 12.1 Å². The van der Waals surface area contributed by atoms with Crippen molar-refractivity contribution < 1.29 is 9.00 Å². The fraction of sp³-hybridized carbons (Fsp3) is 0.364. The van der Waals surface area contributed by atoms with E-state index in [1.807, 2.05) is 6.92 Å². The SMILES string of the molecule is CCS(=O)CCNc1c(N)cccc1C(N)=O. The number of carbonyl (C=O) groups is 1. The summed E-state index contributed by atoms with van der Waals surface area (Å²) in [6.07, 6.45) is 0. The topological polar surface area (TPSA) is 98.2 Å². The summed E-state index contributed by atoms with van der Waals surface area (Å²) in [5.74, 6) is 0.605. The highest BCUT2D eigenvalue weighted by Crippen LogP contribution is 2.22. The van der Waals surface area contributed by atoms with Crippen LogP contribution in [0, 0.1) is 0 Å². The molecule has 0 aromatic heterocycles. The van der Waals surface area contributed by atoms with Crippen LogP contribution in [0.5, 0.6) is 0 Å². The predicted octanol–water partition coefficient (Wildman–Crippen LogP) is 0.548. The highest BCUT2D eigenvalue weighted by Gasteiger charge is 2.10. The lowest BCUT2D eigenvalue weighted by molar-refractivity contribution is 0.100. The minimum atomic E-state index is -0.844. The van der Waals surface area contributed by atoms with Crippen LogP contribution in [0.4, 0.5) is 11.4 Å². The Bertz CT molecular complexity index is 435. The maximum Gasteiger partial charge on any atom is 0.250 e. The van der Waals surface area contributed by atoms with Gasteiger partial charge in [0.1, 0.15) is 0 Å². The van der Waals surface area contributed by atoms with Crippen molar-refractivity contribution in [2.75, 3.05) is 29.1 Å². The van der Waals surface area contributed by atoms with Gasteiger partial charge < -0.3 is 16.8 Å². The lowest BCUT2D eigenvalue weighted by Crippen LogP contribution is -2.18. The molecule has 1 unspecified atom stereocenters. The molecule has 0 radical (unpaired) electrons. The molecule has 17 heavy (non-hydrogen) atoms. The molecule has 0 saturated carbocycles. The van der Waals surface area contributed by atoms with Gasteiger partial charge in [-0.3, -0.25) is 9.00 Å². The minimum Gasteiger partial charge on any atom is -0.397 e. The first-order valence-corrected chi connectivity index (χ1v) is 6.82. The van der Waals surface area contributed by atoms with Gasteiger partial charge in [0.2, 0.25) is 0 Å². The first-order chi connectivity index (χ1) is 8.06. The second-order valence-corrected chi connectivity index (χ2v) is 5.36. The number of nitrogens with one attached hydrogen (secondary N) is 1. The number of para-hydroxylation sites is 1. The van der Waals surface area contributed by atoms with Crippen molar-refractivity contribution in [3.05, 3.63) is 23.8 Å². The number of primary amides is 1. The zero-order valence-corrected chi connectivity index (χ0v) is 10.5. The van der Waals surface area contributed by atoms with Crippen LogP contribution in [-0.4, -0.2) is 28.2 Å². The summed E-state index contributed by atoms with van der Waals surface area (Å²) in [5.41, 5.74) is 12.3. The van der Waals surface area contributed by atoms with Crippen molar-refractivity contribution >= 4 is 28.1 Å². The van der Waals surface area contributed by atoms with Crippen molar-refractivity contribution in [2.24, 2.45) is 5.73 Å². The summed E-state index contributed by atoms with van der Waals surface area (Å²) in [6.45, 7) is 2.36. The largest absolute Gasteiger partial charge is 0.397 e. The molecule has 6 heteroatoms. The van der Waals surface area contributed by atoms with Crippen molar-refractivity contribution in [1.82, 2.24) is 0 Å². The molecule has 0 aliphatic rings. The summed E-state index contributed by atoms with van der Waals surface area (Å²) in [4.78, 5) is 11.2. The molecular weight excluding hydrogens is 238 g/mol. The molecule has 5 nitrogen and oxygen atoms in total. The molecule has 0 bridgehead atoms. The Balaban J connectivity index is 2.76. The monoisotopic (exact) mass is 255 g/mol. The molecule has 0 saturated heterocycles. The van der Waals surface area contributed by atoms with Crippen LogP contribution in [-0.2, 0) is 10.8 Å². The van der Waals surface area contributed by atoms with E-state index in [-0.39, 0.29) is 0 Å². The molecule has 1 aromatic carbocycles. The molecule has 0 spiro atoms. The van der Waals surface area contributed by atoms with E-state index in [1.54, 1.807) is 18.2 Å². The van der Waals surface area contributed by atoms with E-state index < -0.39 is 16.7 Å².